The summed E-state index contributed by atoms with van der Waals surface area (Å²) in [6, 6.07) is 9.19. The second kappa shape index (κ2) is 4.17. The topological polar surface area (TPSA) is 41.6 Å². The SMILES string of the molecule is Cn1c(-c2cccc(Cl)c2)nc(C#N)c1Cl. The van der Waals surface area contributed by atoms with E-state index in [2.05, 4.69) is 4.98 Å². The van der Waals surface area contributed by atoms with Gasteiger partial charge in [-0.25, -0.2) is 4.98 Å². The Labute approximate surface area is 103 Å². The molecule has 0 saturated carbocycles. The number of halogens is 2. The van der Waals surface area contributed by atoms with Gasteiger partial charge in [0.05, 0.1) is 0 Å². The van der Waals surface area contributed by atoms with Crippen LogP contribution in [0.3, 0.4) is 0 Å². The first-order valence-corrected chi connectivity index (χ1v) is 5.27. The van der Waals surface area contributed by atoms with Crippen molar-refractivity contribution in [3.8, 4) is 17.5 Å². The molecule has 0 atom stereocenters. The molecule has 0 fully saturated rings. The molecule has 5 heteroatoms. The van der Waals surface area contributed by atoms with Crippen molar-refractivity contribution in [1.29, 1.82) is 5.26 Å². The number of nitriles is 1. The van der Waals surface area contributed by atoms with Gasteiger partial charge in [0.25, 0.3) is 0 Å². The minimum absolute atomic E-state index is 0.221. The van der Waals surface area contributed by atoms with E-state index in [9.17, 15) is 0 Å². The predicted octanol–water partition coefficient (Wildman–Crippen LogP) is 3.27. The van der Waals surface area contributed by atoms with Crippen LogP contribution in [0.1, 0.15) is 5.69 Å². The van der Waals surface area contributed by atoms with Gasteiger partial charge < -0.3 is 4.57 Å². The van der Waals surface area contributed by atoms with Crippen molar-refractivity contribution in [1.82, 2.24) is 9.55 Å². The summed E-state index contributed by atoms with van der Waals surface area (Å²) in [7, 11) is 1.76. The summed E-state index contributed by atoms with van der Waals surface area (Å²) >= 11 is 11.8. The Morgan fingerprint density at radius 1 is 1.38 bits per heavy atom. The van der Waals surface area contributed by atoms with Crippen LogP contribution in [-0.2, 0) is 7.05 Å². The smallest absolute Gasteiger partial charge is 0.178 e. The average molecular weight is 252 g/mol. The zero-order valence-corrected chi connectivity index (χ0v) is 9.92. The first-order chi connectivity index (χ1) is 7.63. The van der Waals surface area contributed by atoms with Crippen LogP contribution in [0.25, 0.3) is 11.4 Å². The van der Waals surface area contributed by atoms with Gasteiger partial charge in [0.2, 0.25) is 0 Å². The highest BCUT2D eigenvalue weighted by molar-refractivity contribution is 6.31. The Kier molecular flexibility index (Phi) is 2.86. The van der Waals surface area contributed by atoms with Gasteiger partial charge in [0.1, 0.15) is 17.0 Å². The lowest BCUT2D eigenvalue weighted by atomic mass is 10.2. The molecule has 1 aromatic carbocycles. The lowest BCUT2D eigenvalue weighted by Crippen LogP contribution is -1.92. The monoisotopic (exact) mass is 251 g/mol. The Morgan fingerprint density at radius 3 is 2.69 bits per heavy atom. The number of aromatic nitrogens is 2. The molecule has 0 bridgehead atoms. The van der Waals surface area contributed by atoms with E-state index >= 15 is 0 Å². The maximum Gasteiger partial charge on any atom is 0.178 e. The highest BCUT2D eigenvalue weighted by Crippen LogP contribution is 2.26. The van der Waals surface area contributed by atoms with Crippen molar-refractivity contribution in [3.05, 3.63) is 40.1 Å². The average Bonchev–Trinajstić information content (AvgIpc) is 2.56. The van der Waals surface area contributed by atoms with Gasteiger partial charge in [-0.3, -0.25) is 0 Å². The van der Waals surface area contributed by atoms with Crippen molar-refractivity contribution in [2.24, 2.45) is 7.05 Å². The summed E-state index contributed by atoms with van der Waals surface area (Å²) in [6.07, 6.45) is 0. The van der Waals surface area contributed by atoms with Gasteiger partial charge in [0, 0.05) is 17.6 Å². The Hall–Kier alpha value is -1.50. The third-order valence-corrected chi connectivity index (χ3v) is 2.88. The fraction of sp³-hybridized carbons (Fsp3) is 0.0909. The normalized spacial score (nSPS) is 10.1. The number of hydrogen-bond acceptors (Lipinski definition) is 2. The Morgan fingerprint density at radius 2 is 2.12 bits per heavy atom. The number of rotatable bonds is 1. The molecule has 0 spiro atoms. The van der Waals surface area contributed by atoms with Crippen molar-refractivity contribution in [2.75, 3.05) is 0 Å². The molecule has 0 aliphatic carbocycles. The van der Waals surface area contributed by atoms with Gasteiger partial charge in [-0.1, -0.05) is 35.3 Å². The maximum atomic E-state index is 8.82. The zero-order chi connectivity index (χ0) is 11.7. The van der Waals surface area contributed by atoms with E-state index < -0.39 is 0 Å². The van der Waals surface area contributed by atoms with Crippen molar-refractivity contribution in [3.63, 3.8) is 0 Å². The first kappa shape index (κ1) is 11.0. The first-order valence-electron chi connectivity index (χ1n) is 4.51. The maximum absolute atomic E-state index is 8.82. The highest BCUT2D eigenvalue weighted by atomic mass is 35.5. The van der Waals surface area contributed by atoms with Gasteiger partial charge in [0.15, 0.2) is 5.69 Å². The molecular formula is C11H7Cl2N3. The summed E-state index contributed by atoms with van der Waals surface area (Å²) in [5, 5.41) is 9.77. The molecule has 0 saturated heterocycles. The largest absolute Gasteiger partial charge is 0.317 e. The van der Waals surface area contributed by atoms with Crippen LogP contribution in [-0.4, -0.2) is 9.55 Å². The van der Waals surface area contributed by atoms with Crippen LogP contribution >= 0.6 is 23.2 Å². The second-order valence-corrected chi connectivity index (χ2v) is 4.05. The Bertz CT molecular complexity index is 581. The molecule has 16 heavy (non-hydrogen) atoms. The van der Waals surface area contributed by atoms with Gasteiger partial charge in [-0.05, 0) is 12.1 Å². The molecule has 0 radical (unpaired) electrons. The molecule has 0 aliphatic rings. The number of benzene rings is 1. The van der Waals surface area contributed by atoms with Crippen LogP contribution in [0.2, 0.25) is 10.2 Å². The van der Waals surface area contributed by atoms with E-state index in [0.29, 0.717) is 16.0 Å². The zero-order valence-electron chi connectivity index (χ0n) is 8.41. The molecule has 80 valence electrons. The van der Waals surface area contributed by atoms with E-state index in [1.165, 1.54) is 0 Å². The van der Waals surface area contributed by atoms with Gasteiger partial charge in [-0.15, -0.1) is 0 Å². The summed E-state index contributed by atoms with van der Waals surface area (Å²) < 4.78 is 1.66. The molecule has 2 aromatic rings. The molecule has 2 rings (SSSR count). The van der Waals surface area contributed by atoms with Crippen LogP contribution in [0.4, 0.5) is 0 Å². The number of hydrogen-bond donors (Lipinski definition) is 0. The van der Waals surface area contributed by atoms with E-state index in [0.717, 1.165) is 5.56 Å². The summed E-state index contributed by atoms with van der Waals surface area (Å²) in [4.78, 5) is 4.15. The predicted molar refractivity (Wildman–Crippen MR) is 63.4 cm³/mol. The van der Waals surface area contributed by atoms with Crippen molar-refractivity contribution >= 4 is 23.2 Å². The van der Waals surface area contributed by atoms with E-state index in [-0.39, 0.29) is 5.69 Å². The van der Waals surface area contributed by atoms with Crippen molar-refractivity contribution in [2.45, 2.75) is 0 Å². The molecule has 0 unspecified atom stereocenters. The third-order valence-electron chi connectivity index (χ3n) is 2.21. The lowest BCUT2D eigenvalue weighted by Gasteiger charge is -2.02. The van der Waals surface area contributed by atoms with Crippen LogP contribution in [0.15, 0.2) is 24.3 Å². The van der Waals surface area contributed by atoms with Crippen LogP contribution < -0.4 is 0 Å². The van der Waals surface area contributed by atoms with Crippen molar-refractivity contribution < 1.29 is 0 Å². The quantitative estimate of drug-likeness (QED) is 0.781. The van der Waals surface area contributed by atoms with Crippen LogP contribution in [0, 0.1) is 11.3 Å². The molecule has 3 nitrogen and oxygen atoms in total. The Balaban J connectivity index is 2.62. The van der Waals surface area contributed by atoms with E-state index in [1.807, 2.05) is 18.2 Å². The molecule has 1 aromatic heterocycles. The fourth-order valence-corrected chi connectivity index (χ4v) is 1.79. The highest BCUT2D eigenvalue weighted by Gasteiger charge is 2.13. The molecular weight excluding hydrogens is 245 g/mol. The molecule has 0 N–H and O–H groups in total. The van der Waals surface area contributed by atoms with Gasteiger partial charge in [-0.2, -0.15) is 5.26 Å². The van der Waals surface area contributed by atoms with E-state index in [4.69, 9.17) is 28.5 Å². The van der Waals surface area contributed by atoms with Gasteiger partial charge >= 0.3 is 0 Å². The van der Waals surface area contributed by atoms with Crippen LogP contribution in [0.5, 0.6) is 0 Å². The lowest BCUT2D eigenvalue weighted by molar-refractivity contribution is 0.925. The summed E-state index contributed by atoms with van der Waals surface area (Å²) in [5.74, 6) is 0.629. The minimum Gasteiger partial charge on any atom is -0.317 e. The standard InChI is InChI=1S/C11H7Cl2N3/c1-16-10(13)9(6-14)15-11(16)7-3-2-4-8(12)5-7/h2-5H,1H3. The molecule has 0 amide bonds. The molecule has 0 aliphatic heterocycles. The number of nitrogens with zero attached hydrogens (tertiary/aromatic N) is 3. The minimum atomic E-state index is 0.221. The van der Waals surface area contributed by atoms with E-state index in [1.54, 1.807) is 23.7 Å². The summed E-state index contributed by atoms with van der Waals surface area (Å²) in [5.41, 5.74) is 1.05. The fourth-order valence-electron chi connectivity index (χ4n) is 1.44. The third kappa shape index (κ3) is 1.78. The summed E-state index contributed by atoms with van der Waals surface area (Å²) in [6.45, 7) is 0. The molecule has 1 heterocycles. The second-order valence-electron chi connectivity index (χ2n) is 3.26. The number of imidazole rings is 1.